The normalized spacial score (nSPS) is 19.5. The first kappa shape index (κ1) is 10.3. The van der Waals surface area contributed by atoms with Gasteiger partial charge in [0.15, 0.2) is 0 Å². The first-order valence-corrected chi connectivity index (χ1v) is 5.24. The van der Waals surface area contributed by atoms with Crippen LogP contribution in [0.5, 0.6) is 11.5 Å². The summed E-state index contributed by atoms with van der Waals surface area (Å²) in [5.41, 5.74) is 8.45. The Labute approximate surface area is 90.2 Å². The molecule has 15 heavy (non-hydrogen) atoms. The Morgan fingerprint density at radius 1 is 1.13 bits per heavy atom. The average molecular weight is 207 g/mol. The van der Waals surface area contributed by atoms with E-state index < -0.39 is 0 Å². The van der Waals surface area contributed by atoms with Crippen LogP contribution in [0.1, 0.15) is 17.5 Å². The van der Waals surface area contributed by atoms with Crippen LogP contribution in [0, 0.1) is 0 Å². The highest BCUT2D eigenvalue weighted by Gasteiger charge is 2.22. The van der Waals surface area contributed by atoms with E-state index in [4.69, 9.17) is 15.2 Å². The molecular weight excluding hydrogens is 190 g/mol. The van der Waals surface area contributed by atoms with Crippen LogP contribution < -0.4 is 15.2 Å². The zero-order valence-corrected chi connectivity index (χ0v) is 9.25. The zero-order chi connectivity index (χ0) is 10.8. The molecule has 3 nitrogen and oxygen atoms in total. The van der Waals surface area contributed by atoms with Gasteiger partial charge in [-0.05, 0) is 31.4 Å². The summed E-state index contributed by atoms with van der Waals surface area (Å²) in [7, 11) is 3.40. The van der Waals surface area contributed by atoms with E-state index in [0.29, 0.717) is 0 Å². The van der Waals surface area contributed by atoms with Gasteiger partial charge >= 0.3 is 0 Å². The van der Waals surface area contributed by atoms with Gasteiger partial charge in [-0.2, -0.15) is 0 Å². The van der Waals surface area contributed by atoms with Gasteiger partial charge in [0.2, 0.25) is 0 Å². The lowest BCUT2D eigenvalue weighted by atomic mass is 9.87. The highest BCUT2D eigenvalue weighted by molar-refractivity contribution is 5.50. The van der Waals surface area contributed by atoms with Crippen molar-refractivity contribution in [2.24, 2.45) is 5.73 Å². The Morgan fingerprint density at radius 3 is 2.33 bits per heavy atom. The van der Waals surface area contributed by atoms with Crippen LogP contribution in [0.3, 0.4) is 0 Å². The van der Waals surface area contributed by atoms with Gasteiger partial charge in [0, 0.05) is 17.2 Å². The minimum Gasteiger partial charge on any atom is -0.496 e. The summed E-state index contributed by atoms with van der Waals surface area (Å²) in [5.74, 6) is 1.89. The van der Waals surface area contributed by atoms with Crippen LogP contribution in [0.15, 0.2) is 12.1 Å². The van der Waals surface area contributed by atoms with Crippen molar-refractivity contribution in [3.63, 3.8) is 0 Å². The lowest BCUT2D eigenvalue weighted by molar-refractivity contribution is 0.385. The summed E-state index contributed by atoms with van der Waals surface area (Å²) < 4.78 is 10.7. The van der Waals surface area contributed by atoms with E-state index in [1.54, 1.807) is 14.2 Å². The maximum absolute atomic E-state index is 5.97. The number of hydrogen-bond donors (Lipinski definition) is 1. The second-order valence-electron chi connectivity index (χ2n) is 3.93. The fourth-order valence-electron chi connectivity index (χ4n) is 2.22. The molecule has 1 aromatic carbocycles. The second kappa shape index (κ2) is 4.11. The van der Waals surface area contributed by atoms with Crippen molar-refractivity contribution < 1.29 is 9.47 Å². The SMILES string of the molecule is COc1ccc(OC)c2c1CC[C@H](N)C2. The summed E-state index contributed by atoms with van der Waals surface area (Å²) in [6.45, 7) is 0. The Hall–Kier alpha value is -1.22. The largest absolute Gasteiger partial charge is 0.496 e. The zero-order valence-electron chi connectivity index (χ0n) is 9.25. The van der Waals surface area contributed by atoms with Crippen molar-refractivity contribution in [2.75, 3.05) is 14.2 Å². The number of rotatable bonds is 2. The van der Waals surface area contributed by atoms with Gasteiger partial charge in [0.1, 0.15) is 11.5 Å². The van der Waals surface area contributed by atoms with Gasteiger partial charge in [0.25, 0.3) is 0 Å². The molecule has 0 fully saturated rings. The Kier molecular flexibility index (Phi) is 2.82. The second-order valence-corrected chi connectivity index (χ2v) is 3.93. The molecule has 0 heterocycles. The van der Waals surface area contributed by atoms with Crippen molar-refractivity contribution >= 4 is 0 Å². The fraction of sp³-hybridized carbons (Fsp3) is 0.500. The van der Waals surface area contributed by atoms with Crippen LogP contribution >= 0.6 is 0 Å². The number of nitrogens with two attached hydrogens (primary N) is 1. The van der Waals surface area contributed by atoms with E-state index in [2.05, 4.69) is 0 Å². The van der Waals surface area contributed by atoms with Crippen LogP contribution in [-0.2, 0) is 12.8 Å². The van der Waals surface area contributed by atoms with Crippen molar-refractivity contribution in [3.8, 4) is 11.5 Å². The average Bonchev–Trinajstić information content (AvgIpc) is 2.27. The van der Waals surface area contributed by atoms with Gasteiger partial charge in [-0.3, -0.25) is 0 Å². The summed E-state index contributed by atoms with van der Waals surface area (Å²) in [6.07, 6.45) is 2.89. The number of methoxy groups -OCH3 is 2. The van der Waals surface area contributed by atoms with E-state index in [9.17, 15) is 0 Å². The summed E-state index contributed by atoms with van der Waals surface area (Å²) in [4.78, 5) is 0. The highest BCUT2D eigenvalue weighted by atomic mass is 16.5. The molecule has 0 bridgehead atoms. The lowest BCUT2D eigenvalue weighted by Gasteiger charge is -2.25. The molecule has 82 valence electrons. The number of fused-ring (bicyclic) bond motifs is 1. The molecule has 0 radical (unpaired) electrons. The smallest absolute Gasteiger partial charge is 0.122 e. The monoisotopic (exact) mass is 207 g/mol. The van der Waals surface area contributed by atoms with Gasteiger partial charge < -0.3 is 15.2 Å². The molecule has 0 saturated heterocycles. The minimum absolute atomic E-state index is 0.249. The third kappa shape index (κ3) is 1.79. The third-order valence-corrected chi connectivity index (χ3v) is 3.02. The Morgan fingerprint density at radius 2 is 1.73 bits per heavy atom. The van der Waals surface area contributed by atoms with Crippen LogP contribution in [-0.4, -0.2) is 20.3 Å². The molecule has 0 saturated carbocycles. The third-order valence-electron chi connectivity index (χ3n) is 3.02. The minimum atomic E-state index is 0.249. The molecule has 0 unspecified atom stereocenters. The van der Waals surface area contributed by atoms with Crippen LogP contribution in [0.2, 0.25) is 0 Å². The van der Waals surface area contributed by atoms with E-state index in [1.807, 2.05) is 12.1 Å². The van der Waals surface area contributed by atoms with E-state index in [-0.39, 0.29) is 6.04 Å². The predicted octanol–water partition coefficient (Wildman–Crippen LogP) is 1.52. The molecule has 1 aromatic rings. The lowest BCUT2D eigenvalue weighted by Crippen LogP contribution is -2.28. The Bertz CT molecular complexity index is 363. The maximum atomic E-state index is 5.97. The van der Waals surface area contributed by atoms with E-state index >= 15 is 0 Å². The predicted molar refractivity (Wildman–Crippen MR) is 59.5 cm³/mol. The number of ether oxygens (including phenoxy) is 2. The van der Waals surface area contributed by atoms with Crippen LogP contribution in [0.25, 0.3) is 0 Å². The highest BCUT2D eigenvalue weighted by Crippen LogP contribution is 2.35. The molecule has 1 atom stereocenters. The molecule has 0 amide bonds. The summed E-state index contributed by atoms with van der Waals surface area (Å²) >= 11 is 0. The number of benzene rings is 1. The fourth-order valence-corrected chi connectivity index (χ4v) is 2.22. The molecule has 2 rings (SSSR count). The van der Waals surface area contributed by atoms with Gasteiger partial charge in [-0.1, -0.05) is 0 Å². The molecule has 0 aliphatic heterocycles. The van der Waals surface area contributed by atoms with Crippen molar-refractivity contribution in [1.82, 2.24) is 0 Å². The van der Waals surface area contributed by atoms with Gasteiger partial charge in [-0.15, -0.1) is 0 Å². The molecule has 1 aliphatic carbocycles. The van der Waals surface area contributed by atoms with Gasteiger partial charge in [0.05, 0.1) is 14.2 Å². The molecule has 1 aliphatic rings. The summed E-state index contributed by atoms with van der Waals surface area (Å²) in [5, 5.41) is 0. The van der Waals surface area contributed by atoms with Crippen molar-refractivity contribution in [1.29, 1.82) is 0 Å². The standard InChI is InChI=1S/C12H17NO2/c1-14-11-5-6-12(15-2)10-7-8(13)3-4-9(10)11/h5-6,8H,3-4,7,13H2,1-2H3/t8-/m0/s1. The maximum Gasteiger partial charge on any atom is 0.122 e. The molecular formula is C12H17NO2. The topological polar surface area (TPSA) is 44.5 Å². The molecule has 2 N–H and O–H groups in total. The summed E-state index contributed by atoms with van der Waals surface area (Å²) in [6, 6.07) is 4.17. The molecule has 0 aromatic heterocycles. The Balaban J connectivity index is 2.48. The molecule has 3 heteroatoms. The van der Waals surface area contributed by atoms with Crippen LogP contribution in [0.4, 0.5) is 0 Å². The number of hydrogen-bond acceptors (Lipinski definition) is 3. The van der Waals surface area contributed by atoms with Gasteiger partial charge in [-0.25, -0.2) is 0 Å². The van der Waals surface area contributed by atoms with Crippen molar-refractivity contribution in [2.45, 2.75) is 25.3 Å². The first-order chi connectivity index (χ1) is 7.26. The molecule has 0 spiro atoms. The van der Waals surface area contributed by atoms with E-state index in [0.717, 1.165) is 30.8 Å². The first-order valence-electron chi connectivity index (χ1n) is 5.24. The van der Waals surface area contributed by atoms with E-state index in [1.165, 1.54) is 11.1 Å². The van der Waals surface area contributed by atoms with Crippen molar-refractivity contribution in [3.05, 3.63) is 23.3 Å². The quantitative estimate of drug-likeness (QED) is 0.799.